The van der Waals surface area contributed by atoms with E-state index in [9.17, 15) is 18.3 Å². The van der Waals surface area contributed by atoms with Gasteiger partial charge in [-0.15, -0.1) is 0 Å². The van der Waals surface area contributed by atoms with E-state index in [-0.39, 0.29) is 24.0 Å². The molecule has 4 rings (SSSR count). The molecule has 3 unspecified atom stereocenters. The first-order valence-electron chi connectivity index (χ1n) is 13.4. The lowest BCUT2D eigenvalue weighted by molar-refractivity contribution is -0.164. The van der Waals surface area contributed by atoms with Crippen molar-refractivity contribution in [2.24, 2.45) is 46.3 Å². The normalized spacial score (nSPS) is 43.8. The minimum Gasteiger partial charge on any atom is -0.393 e. The molecule has 0 aromatic carbocycles. The third-order valence-electron chi connectivity index (χ3n) is 10.9. The van der Waals surface area contributed by atoms with Crippen molar-refractivity contribution in [3.05, 3.63) is 0 Å². The molecule has 0 bridgehead atoms. The number of hydrogen-bond donors (Lipinski definition) is 3. The quantitative estimate of drug-likeness (QED) is 0.465. The SMILES string of the molecule is C[C@H](CCC(=O)NCCS(=O)(=O)O)[C@H]1CCC2[C@H]3C(CC[C@@]21C)[C@@]1(C)CCCCC1C[C@@H]3O. The lowest BCUT2D eigenvalue weighted by Crippen LogP contribution is -2.57. The Morgan fingerprint density at radius 2 is 1.79 bits per heavy atom. The molecule has 0 spiro atoms. The maximum atomic E-state index is 12.2. The minimum absolute atomic E-state index is 0.0457. The molecule has 9 atom stereocenters. The Balaban J connectivity index is 1.38. The summed E-state index contributed by atoms with van der Waals surface area (Å²) in [6, 6.07) is 0. The van der Waals surface area contributed by atoms with Gasteiger partial charge in [-0.2, -0.15) is 8.42 Å². The summed E-state index contributed by atoms with van der Waals surface area (Å²) in [7, 11) is -4.05. The number of carbonyl (C=O) groups is 1. The Hall–Kier alpha value is -0.660. The monoisotopic (exact) mass is 483 g/mol. The molecule has 0 aromatic rings. The second kappa shape index (κ2) is 9.42. The summed E-state index contributed by atoms with van der Waals surface area (Å²) in [5.41, 5.74) is 0.647. The highest BCUT2D eigenvalue weighted by Gasteiger charge is 2.62. The van der Waals surface area contributed by atoms with Gasteiger partial charge in [0.2, 0.25) is 5.91 Å². The van der Waals surface area contributed by atoms with Crippen LogP contribution in [0.2, 0.25) is 0 Å². The van der Waals surface area contributed by atoms with Crippen LogP contribution in [-0.4, -0.2) is 42.4 Å². The van der Waals surface area contributed by atoms with E-state index in [0.29, 0.717) is 47.3 Å². The van der Waals surface area contributed by atoms with Crippen LogP contribution >= 0.6 is 0 Å². The summed E-state index contributed by atoms with van der Waals surface area (Å²) in [5.74, 6) is 2.77. The van der Waals surface area contributed by atoms with Gasteiger partial charge >= 0.3 is 0 Å². The van der Waals surface area contributed by atoms with E-state index in [1.807, 2.05) is 0 Å². The number of hydrogen-bond acceptors (Lipinski definition) is 4. The third-order valence-corrected chi connectivity index (χ3v) is 11.6. The van der Waals surface area contributed by atoms with E-state index in [1.165, 1.54) is 51.4 Å². The van der Waals surface area contributed by atoms with Gasteiger partial charge in [0, 0.05) is 13.0 Å². The van der Waals surface area contributed by atoms with Crippen LogP contribution in [0, 0.1) is 46.3 Å². The van der Waals surface area contributed by atoms with Crippen LogP contribution in [0.3, 0.4) is 0 Å². The minimum atomic E-state index is -4.05. The molecule has 1 amide bonds. The molecule has 0 radical (unpaired) electrons. The molecular formula is C26H45NO5S. The van der Waals surface area contributed by atoms with Crippen molar-refractivity contribution in [1.29, 1.82) is 0 Å². The highest BCUT2D eigenvalue weighted by molar-refractivity contribution is 7.85. The van der Waals surface area contributed by atoms with E-state index in [0.717, 1.165) is 12.8 Å². The van der Waals surface area contributed by atoms with Gasteiger partial charge in [-0.25, -0.2) is 0 Å². The highest BCUT2D eigenvalue weighted by atomic mass is 32.2. The van der Waals surface area contributed by atoms with Gasteiger partial charge in [0.05, 0.1) is 11.9 Å². The van der Waals surface area contributed by atoms with Crippen molar-refractivity contribution in [2.75, 3.05) is 12.3 Å². The molecule has 190 valence electrons. The topological polar surface area (TPSA) is 104 Å². The van der Waals surface area contributed by atoms with Gasteiger partial charge < -0.3 is 10.4 Å². The van der Waals surface area contributed by atoms with Crippen molar-refractivity contribution in [1.82, 2.24) is 5.32 Å². The van der Waals surface area contributed by atoms with Gasteiger partial charge in [0.25, 0.3) is 10.1 Å². The Bertz CT molecular complexity index is 831. The summed E-state index contributed by atoms with van der Waals surface area (Å²) in [6.45, 7) is 7.23. The molecule has 4 aliphatic rings. The van der Waals surface area contributed by atoms with E-state index in [1.54, 1.807) is 0 Å². The predicted molar refractivity (Wildman–Crippen MR) is 129 cm³/mol. The number of carbonyl (C=O) groups excluding carboxylic acids is 1. The molecule has 33 heavy (non-hydrogen) atoms. The van der Waals surface area contributed by atoms with Crippen LogP contribution < -0.4 is 5.32 Å². The van der Waals surface area contributed by atoms with Crippen molar-refractivity contribution in [2.45, 2.75) is 97.5 Å². The summed E-state index contributed by atoms with van der Waals surface area (Å²) in [4.78, 5) is 12.2. The maximum Gasteiger partial charge on any atom is 0.266 e. The fourth-order valence-electron chi connectivity index (χ4n) is 9.20. The van der Waals surface area contributed by atoms with E-state index in [2.05, 4.69) is 26.1 Å². The summed E-state index contributed by atoms with van der Waals surface area (Å²) in [6.07, 6.45) is 12.2. The number of amides is 1. The molecule has 0 aliphatic heterocycles. The lowest BCUT2D eigenvalue weighted by atomic mass is 9.44. The maximum absolute atomic E-state index is 12.2. The zero-order valence-electron chi connectivity index (χ0n) is 20.8. The van der Waals surface area contributed by atoms with Gasteiger partial charge in [0.15, 0.2) is 0 Å². The van der Waals surface area contributed by atoms with Gasteiger partial charge in [-0.1, -0.05) is 33.6 Å². The Kier molecular flexibility index (Phi) is 7.26. The Labute approximate surface area is 200 Å². The molecule has 4 saturated carbocycles. The second-order valence-corrected chi connectivity index (χ2v) is 14.0. The van der Waals surface area contributed by atoms with Crippen LogP contribution in [0.25, 0.3) is 0 Å². The summed E-state index contributed by atoms with van der Waals surface area (Å²) in [5, 5.41) is 14.0. The zero-order valence-corrected chi connectivity index (χ0v) is 21.6. The smallest absolute Gasteiger partial charge is 0.266 e. The van der Waals surface area contributed by atoms with Crippen LogP contribution in [0.5, 0.6) is 0 Å². The Morgan fingerprint density at radius 1 is 1.06 bits per heavy atom. The number of aliphatic hydroxyl groups is 1. The number of aliphatic hydroxyl groups excluding tert-OH is 1. The molecule has 4 aliphatic carbocycles. The molecule has 0 saturated heterocycles. The fourth-order valence-corrected chi connectivity index (χ4v) is 9.56. The Morgan fingerprint density at radius 3 is 2.52 bits per heavy atom. The third kappa shape index (κ3) is 4.88. The summed E-state index contributed by atoms with van der Waals surface area (Å²) >= 11 is 0. The number of rotatable bonds is 7. The predicted octanol–water partition coefficient (Wildman–Crippen LogP) is 4.43. The first kappa shape index (κ1) is 25.4. The van der Waals surface area contributed by atoms with E-state index >= 15 is 0 Å². The van der Waals surface area contributed by atoms with E-state index < -0.39 is 15.9 Å². The van der Waals surface area contributed by atoms with Gasteiger partial charge in [-0.3, -0.25) is 9.35 Å². The largest absolute Gasteiger partial charge is 0.393 e. The zero-order chi connectivity index (χ0) is 24.0. The average Bonchev–Trinajstić information content (AvgIpc) is 3.08. The van der Waals surface area contributed by atoms with Crippen molar-refractivity contribution >= 4 is 16.0 Å². The molecule has 3 N–H and O–H groups in total. The average molecular weight is 484 g/mol. The van der Waals surface area contributed by atoms with Crippen LogP contribution in [-0.2, 0) is 14.9 Å². The molecule has 7 heteroatoms. The molecule has 4 fully saturated rings. The van der Waals surface area contributed by atoms with Gasteiger partial charge in [-0.05, 0) is 97.7 Å². The van der Waals surface area contributed by atoms with Crippen LogP contribution in [0.1, 0.15) is 91.4 Å². The van der Waals surface area contributed by atoms with Gasteiger partial charge in [0.1, 0.15) is 0 Å². The first-order chi connectivity index (χ1) is 15.5. The number of nitrogens with one attached hydrogen (secondary N) is 1. The second-order valence-electron chi connectivity index (χ2n) is 12.4. The van der Waals surface area contributed by atoms with E-state index in [4.69, 9.17) is 4.55 Å². The van der Waals surface area contributed by atoms with Crippen LogP contribution in [0.4, 0.5) is 0 Å². The molecule has 0 heterocycles. The first-order valence-corrected chi connectivity index (χ1v) is 15.0. The number of fused-ring (bicyclic) bond motifs is 5. The van der Waals surface area contributed by atoms with Crippen molar-refractivity contribution in [3.63, 3.8) is 0 Å². The molecular weight excluding hydrogens is 438 g/mol. The van der Waals surface area contributed by atoms with Crippen LogP contribution in [0.15, 0.2) is 0 Å². The standard InChI is InChI=1S/C26H45NO5S/c1-17(7-10-23(29)27-14-15-33(30,31)32)19-8-9-20-24-21(11-13-26(19,20)3)25(2)12-5-4-6-18(25)16-22(24)28/h17-22,24,28H,4-16H2,1-3H3,(H,27,29)(H,30,31,32)/t17-,18?,19-,20?,21?,22+,24+,25+,26-/m1/s1. The van der Waals surface area contributed by atoms with Crippen molar-refractivity contribution in [3.8, 4) is 0 Å². The summed E-state index contributed by atoms with van der Waals surface area (Å²) < 4.78 is 30.5. The van der Waals surface area contributed by atoms with Crippen molar-refractivity contribution < 1.29 is 22.9 Å². The molecule has 0 aromatic heterocycles. The highest BCUT2D eigenvalue weighted by Crippen LogP contribution is 2.68. The lowest BCUT2D eigenvalue weighted by Gasteiger charge is -2.62. The molecule has 6 nitrogen and oxygen atoms in total. The fraction of sp³-hybridized carbons (Fsp3) is 0.962.